The van der Waals surface area contributed by atoms with Crippen molar-refractivity contribution in [2.45, 2.75) is 0 Å². The molecule has 5 nitrogen and oxygen atoms in total. The fraction of sp³-hybridized carbons (Fsp3) is 0. The first-order valence-corrected chi connectivity index (χ1v) is 8.00. The van der Waals surface area contributed by atoms with Crippen molar-refractivity contribution in [3.63, 3.8) is 0 Å². The lowest BCUT2D eigenvalue weighted by Gasteiger charge is -2.10. The molecule has 0 atom stereocenters. The van der Waals surface area contributed by atoms with Gasteiger partial charge in [-0.05, 0) is 60.7 Å². The molecule has 0 spiro atoms. The SMILES string of the molecule is O=C(NNC(=S)Nc1ccc(Cl)cc1)c1cc2cc(Cl)ccc2o1. The summed E-state index contributed by atoms with van der Waals surface area (Å²) < 4.78 is 5.46. The van der Waals surface area contributed by atoms with Gasteiger partial charge in [-0.3, -0.25) is 15.6 Å². The summed E-state index contributed by atoms with van der Waals surface area (Å²) in [5.74, 6) is -0.309. The number of furan rings is 1. The number of benzene rings is 2. The standard InChI is InChI=1S/C16H11Cl2N3O2S/c17-10-1-4-12(5-2-10)19-16(24)21-20-15(22)14-8-9-7-11(18)3-6-13(9)23-14/h1-8H,(H,20,22)(H2,19,21,24). The number of fused-ring (bicyclic) bond motifs is 1. The number of hydrazine groups is 1. The molecule has 0 fully saturated rings. The summed E-state index contributed by atoms with van der Waals surface area (Å²) in [6.45, 7) is 0. The number of carbonyl (C=O) groups is 1. The van der Waals surface area contributed by atoms with Crippen LogP contribution in [0.15, 0.2) is 52.9 Å². The maximum Gasteiger partial charge on any atom is 0.305 e. The number of rotatable bonds is 2. The number of thiocarbonyl (C=S) groups is 1. The van der Waals surface area contributed by atoms with E-state index in [4.69, 9.17) is 39.8 Å². The highest BCUT2D eigenvalue weighted by Gasteiger charge is 2.12. The fourth-order valence-corrected chi connectivity index (χ4v) is 2.47. The first kappa shape index (κ1) is 16.6. The largest absolute Gasteiger partial charge is 0.451 e. The van der Waals surface area contributed by atoms with Crippen LogP contribution in [0, 0.1) is 0 Å². The molecule has 24 heavy (non-hydrogen) atoms. The third-order valence-corrected chi connectivity index (χ3v) is 3.78. The average molecular weight is 380 g/mol. The lowest BCUT2D eigenvalue weighted by molar-refractivity contribution is 0.0918. The molecule has 0 aliphatic rings. The number of hydrogen-bond acceptors (Lipinski definition) is 3. The minimum absolute atomic E-state index is 0.147. The van der Waals surface area contributed by atoms with Crippen LogP contribution >= 0.6 is 35.4 Å². The Morgan fingerprint density at radius 1 is 0.958 bits per heavy atom. The highest BCUT2D eigenvalue weighted by atomic mass is 35.5. The molecule has 0 bridgehead atoms. The molecule has 3 N–H and O–H groups in total. The number of nitrogens with one attached hydrogen (secondary N) is 3. The second-order valence-corrected chi connectivity index (χ2v) is 6.11. The normalized spacial score (nSPS) is 10.4. The number of carbonyl (C=O) groups excluding carboxylic acids is 1. The van der Waals surface area contributed by atoms with Crippen molar-refractivity contribution >= 4 is 63.1 Å². The highest BCUT2D eigenvalue weighted by Crippen LogP contribution is 2.22. The molecular weight excluding hydrogens is 369 g/mol. The minimum Gasteiger partial charge on any atom is -0.451 e. The Morgan fingerprint density at radius 2 is 1.67 bits per heavy atom. The Kier molecular flexibility index (Phi) is 4.89. The monoisotopic (exact) mass is 379 g/mol. The van der Waals surface area contributed by atoms with Crippen LogP contribution in [0.25, 0.3) is 11.0 Å². The molecule has 0 saturated heterocycles. The Morgan fingerprint density at radius 3 is 2.42 bits per heavy atom. The van der Waals surface area contributed by atoms with Gasteiger partial charge >= 0.3 is 5.91 Å². The zero-order valence-corrected chi connectivity index (χ0v) is 14.4. The van der Waals surface area contributed by atoms with Crippen molar-refractivity contribution < 1.29 is 9.21 Å². The fourth-order valence-electron chi connectivity index (χ4n) is 2.00. The number of halogens is 2. The topological polar surface area (TPSA) is 66.3 Å². The summed E-state index contributed by atoms with van der Waals surface area (Å²) in [4.78, 5) is 12.1. The lowest BCUT2D eigenvalue weighted by atomic mass is 10.2. The van der Waals surface area contributed by atoms with Crippen LogP contribution in [0.4, 0.5) is 5.69 Å². The molecule has 122 valence electrons. The van der Waals surface area contributed by atoms with Crippen molar-refractivity contribution in [2.24, 2.45) is 0 Å². The third-order valence-electron chi connectivity index (χ3n) is 3.09. The molecule has 0 radical (unpaired) electrons. The van der Waals surface area contributed by atoms with Crippen molar-refractivity contribution in [2.75, 3.05) is 5.32 Å². The maximum atomic E-state index is 12.1. The van der Waals surface area contributed by atoms with Gasteiger partial charge in [-0.25, -0.2) is 0 Å². The van der Waals surface area contributed by atoms with Crippen LogP contribution < -0.4 is 16.2 Å². The molecule has 3 rings (SSSR count). The van der Waals surface area contributed by atoms with E-state index in [0.29, 0.717) is 15.6 Å². The second kappa shape index (κ2) is 7.09. The molecule has 2 aromatic carbocycles. The van der Waals surface area contributed by atoms with Gasteiger partial charge in [0, 0.05) is 21.1 Å². The summed E-state index contributed by atoms with van der Waals surface area (Å²) in [6.07, 6.45) is 0. The molecule has 0 aliphatic heterocycles. The van der Waals surface area contributed by atoms with Gasteiger partial charge in [-0.1, -0.05) is 23.2 Å². The molecule has 0 saturated carbocycles. The van der Waals surface area contributed by atoms with Gasteiger partial charge in [0.05, 0.1) is 0 Å². The van der Waals surface area contributed by atoms with Gasteiger partial charge in [0.25, 0.3) is 0 Å². The molecule has 8 heteroatoms. The van der Waals surface area contributed by atoms with Crippen LogP contribution in [0.3, 0.4) is 0 Å². The Labute approximate surface area is 152 Å². The van der Waals surface area contributed by atoms with Gasteiger partial charge in [0.1, 0.15) is 5.58 Å². The van der Waals surface area contributed by atoms with Crippen LogP contribution in [0.5, 0.6) is 0 Å². The predicted molar refractivity (Wildman–Crippen MR) is 99.5 cm³/mol. The summed E-state index contributed by atoms with van der Waals surface area (Å²) in [5, 5.41) is 5.07. The Balaban J connectivity index is 1.59. The first-order chi connectivity index (χ1) is 11.5. The average Bonchev–Trinajstić information content (AvgIpc) is 2.98. The molecule has 0 unspecified atom stereocenters. The maximum absolute atomic E-state index is 12.1. The van der Waals surface area contributed by atoms with E-state index < -0.39 is 5.91 Å². The molecular formula is C16H11Cl2N3O2S. The predicted octanol–water partition coefficient (Wildman–Crippen LogP) is 4.37. The molecule has 1 amide bonds. The molecule has 0 aliphatic carbocycles. The quantitative estimate of drug-likeness (QED) is 0.455. The van der Waals surface area contributed by atoms with E-state index >= 15 is 0 Å². The van der Waals surface area contributed by atoms with Gasteiger partial charge in [-0.2, -0.15) is 0 Å². The summed E-state index contributed by atoms with van der Waals surface area (Å²) >= 11 is 16.8. The Hall–Kier alpha value is -2.28. The van der Waals surface area contributed by atoms with E-state index in [1.54, 1.807) is 48.5 Å². The lowest BCUT2D eigenvalue weighted by Crippen LogP contribution is -2.43. The third kappa shape index (κ3) is 3.97. The van der Waals surface area contributed by atoms with Crippen LogP contribution in [-0.2, 0) is 0 Å². The zero-order valence-electron chi connectivity index (χ0n) is 12.1. The minimum atomic E-state index is -0.456. The van der Waals surface area contributed by atoms with Crippen molar-refractivity contribution in [1.29, 1.82) is 0 Å². The van der Waals surface area contributed by atoms with Gasteiger partial charge in [0.2, 0.25) is 0 Å². The molecule has 1 aromatic heterocycles. The highest BCUT2D eigenvalue weighted by molar-refractivity contribution is 7.80. The van der Waals surface area contributed by atoms with Crippen LogP contribution in [0.1, 0.15) is 10.6 Å². The van der Waals surface area contributed by atoms with E-state index in [0.717, 1.165) is 11.1 Å². The molecule has 1 heterocycles. The van der Waals surface area contributed by atoms with E-state index in [1.165, 1.54) is 0 Å². The van der Waals surface area contributed by atoms with E-state index in [9.17, 15) is 4.79 Å². The number of anilines is 1. The van der Waals surface area contributed by atoms with E-state index in [1.807, 2.05) is 0 Å². The smallest absolute Gasteiger partial charge is 0.305 e. The summed E-state index contributed by atoms with van der Waals surface area (Å²) in [6, 6.07) is 13.7. The van der Waals surface area contributed by atoms with Gasteiger partial charge in [-0.15, -0.1) is 0 Å². The van der Waals surface area contributed by atoms with Crippen molar-refractivity contribution in [1.82, 2.24) is 10.9 Å². The van der Waals surface area contributed by atoms with Gasteiger partial charge < -0.3 is 9.73 Å². The Bertz CT molecular complexity index is 909. The van der Waals surface area contributed by atoms with Crippen LogP contribution in [-0.4, -0.2) is 11.0 Å². The first-order valence-electron chi connectivity index (χ1n) is 6.83. The zero-order chi connectivity index (χ0) is 17.1. The van der Waals surface area contributed by atoms with E-state index in [-0.39, 0.29) is 10.9 Å². The number of amides is 1. The summed E-state index contributed by atoms with van der Waals surface area (Å²) in [7, 11) is 0. The molecule has 3 aromatic rings. The van der Waals surface area contributed by atoms with Crippen molar-refractivity contribution in [3.05, 3.63) is 64.3 Å². The number of hydrogen-bond donors (Lipinski definition) is 3. The van der Waals surface area contributed by atoms with Crippen molar-refractivity contribution in [3.8, 4) is 0 Å². The van der Waals surface area contributed by atoms with Crippen LogP contribution in [0.2, 0.25) is 10.0 Å². The van der Waals surface area contributed by atoms with E-state index in [2.05, 4.69) is 16.2 Å². The summed E-state index contributed by atoms with van der Waals surface area (Å²) in [5.41, 5.74) is 6.38. The second-order valence-electron chi connectivity index (χ2n) is 4.83. The van der Waals surface area contributed by atoms with Gasteiger partial charge in [0.15, 0.2) is 10.9 Å².